The fourth-order valence-corrected chi connectivity index (χ4v) is 1.91. The van der Waals surface area contributed by atoms with Gasteiger partial charge in [0.1, 0.15) is 0 Å². The number of aliphatic carboxylic acids is 1. The fraction of sp³-hybridized carbons (Fsp3) is 0.250. The van der Waals surface area contributed by atoms with Crippen LogP contribution in [-0.4, -0.2) is 11.1 Å². The lowest BCUT2D eigenvalue weighted by Gasteiger charge is -2.01. The van der Waals surface area contributed by atoms with Gasteiger partial charge in [0.2, 0.25) is 0 Å². The van der Waals surface area contributed by atoms with E-state index in [2.05, 4.69) is 15.9 Å². The van der Waals surface area contributed by atoms with Crippen LogP contribution in [0.5, 0.6) is 0 Å². The standard InChI is InChI=1S/C12H11BrO2/c13-11-4-2-1-3-9(11)7-10(12(14)15)8-5-6-8/h1-4,7-8H,5-6H2,(H,14,15)/b10-7-. The topological polar surface area (TPSA) is 37.3 Å². The van der Waals surface area contributed by atoms with E-state index in [1.807, 2.05) is 24.3 Å². The highest BCUT2D eigenvalue weighted by Gasteiger charge is 2.30. The molecule has 1 aromatic carbocycles. The molecule has 0 aromatic heterocycles. The van der Waals surface area contributed by atoms with Crippen molar-refractivity contribution in [3.05, 3.63) is 39.9 Å². The average Bonchev–Trinajstić information content (AvgIpc) is 2.99. The molecule has 1 N–H and O–H groups in total. The van der Waals surface area contributed by atoms with Crippen LogP contribution in [0, 0.1) is 5.92 Å². The van der Waals surface area contributed by atoms with Crippen LogP contribution in [0.15, 0.2) is 34.3 Å². The molecular formula is C12H11BrO2. The normalized spacial score (nSPS) is 16.5. The molecule has 1 aliphatic carbocycles. The Hall–Kier alpha value is -1.09. The Morgan fingerprint density at radius 1 is 1.40 bits per heavy atom. The quantitative estimate of drug-likeness (QED) is 0.853. The van der Waals surface area contributed by atoms with Gasteiger partial charge >= 0.3 is 5.97 Å². The van der Waals surface area contributed by atoms with E-state index in [0.717, 1.165) is 22.9 Å². The largest absolute Gasteiger partial charge is 0.478 e. The molecule has 0 amide bonds. The first-order valence-corrected chi connectivity index (χ1v) is 5.67. The van der Waals surface area contributed by atoms with Gasteiger partial charge in [-0.1, -0.05) is 34.1 Å². The molecule has 0 bridgehead atoms. The zero-order valence-corrected chi connectivity index (χ0v) is 9.70. The van der Waals surface area contributed by atoms with Crippen LogP contribution < -0.4 is 0 Å². The summed E-state index contributed by atoms with van der Waals surface area (Å²) in [6.45, 7) is 0. The van der Waals surface area contributed by atoms with Gasteiger partial charge in [-0.3, -0.25) is 0 Å². The van der Waals surface area contributed by atoms with Gasteiger partial charge in [0.05, 0.1) is 0 Å². The summed E-state index contributed by atoms with van der Waals surface area (Å²) in [5, 5.41) is 9.05. The number of rotatable bonds is 3. The van der Waals surface area contributed by atoms with E-state index in [1.165, 1.54) is 0 Å². The second-order valence-electron chi connectivity index (χ2n) is 3.70. The number of carboxylic acids is 1. The molecular weight excluding hydrogens is 256 g/mol. The second kappa shape index (κ2) is 4.19. The Kier molecular flexibility index (Phi) is 2.91. The maximum atomic E-state index is 11.0. The van der Waals surface area contributed by atoms with Crippen molar-refractivity contribution >= 4 is 28.0 Å². The lowest BCUT2D eigenvalue weighted by atomic mass is 10.1. The van der Waals surface area contributed by atoms with Crippen LogP contribution in [-0.2, 0) is 4.79 Å². The predicted octanol–water partition coefficient (Wildman–Crippen LogP) is 3.33. The number of carboxylic acid groups (broad SMARTS) is 1. The van der Waals surface area contributed by atoms with Crippen LogP contribution in [0.1, 0.15) is 18.4 Å². The fourth-order valence-electron chi connectivity index (χ4n) is 1.51. The molecule has 0 heterocycles. The maximum Gasteiger partial charge on any atom is 0.331 e. The summed E-state index contributed by atoms with van der Waals surface area (Å²) in [7, 11) is 0. The molecule has 0 unspecified atom stereocenters. The van der Waals surface area contributed by atoms with Gasteiger partial charge < -0.3 is 5.11 Å². The highest BCUT2D eigenvalue weighted by molar-refractivity contribution is 9.10. The van der Waals surface area contributed by atoms with Crippen molar-refractivity contribution in [2.45, 2.75) is 12.8 Å². The highest BCUT2D eigenvalue weighted by Crippen LogP contribution is 2.38. The number of hydrogen-bond acceptors (Lipinski definition) is 1. The minimum atomic E-state index is -0.798. The van der Waals surface area contributed by atoms with E-state index in [4.69, 9.17) is 5.11 Å². The minimum absolute atomic E-state index is 0.259. The Morgan fingerprint density at radius 2 is 2.07 bits per heavy atom. The van der Waals surface area contributed by atoms with E-state index in [1.54, 1.807) is 6.08 Å². The molecule has 78 valence electrons. The zero-order valence-electron chi connectivity index (χ0n) is 8.11. The molecule has 1 aromatic rings. The van der Waals surface area contributed by atoms with Crippen molar-refractivity contribution in [1.29, 1.82) is 0 Å². The molecule has 0 spiro atoms. The van der Waals surface area contributed by atoms with Gasteiger partial charge in [-0.25, -0.2) is 4.79 Å². The van der Waals surface area contributed by atoms with Crippen LogP contribution >= 0.6 is 15.9 Å². The van der Waals surface area contributed by atoms with E-state index in [-0.39, 0.29) is 5.92 Å². The summed E-state index contributed by atoms with van der Waals surface area (Å²) in [5.74, 6) is -0.539. The second-order valence-corrected chi connectivity index (χ2v) is 4.55. The van der Waals surface area contributed by atoms with E-state index in [0.29, 0.717) is 5.57 Å². The first-order chi connectivity index (χ1) is 7.18. The summed E-state index contributed by atoms with van der Waals surface area (Å²) < 4.78 is 0.935. The van der Waals surface area contributed by atoms with Crippen LogP contribution in [0.2, 0.25) is 0 Å². The molecule has 1 fully saturated rings. The van der Waals surface area contributed by atoms with Gasteiger partial charge in [0, 0.05) is 10.0 Å². The lowest BCUT2D eigenvalue weighted by Crippen LogP contribution is -2.02. The summed E-state index contributed by atoms with van der Waals surface area (Å²) >= 11 is 3.41. The van der Waals surface area contributed by atoms with Crippen molar-refractivity contribution in [3.63, 3.8) is 0 Å². The summed E-state index contributed by atoms with van der Waals surface area (Å²) in [6.07, 6.45) is 3.77. The average molecular weight is 267 g/mol. The number of carbonyl (C=O) groups is 1. The third kappa shape index (κ3) is 2.48. The van der Waals surface area contributed by atoms with Crippen LogP contribution in [0.4, 0.5) is 0 Å². The number of hydrogen-bond donors (Lipinski definition) is 1. The van der Waals surface area contributed by atoms with Crippen molar-refractivity contribution in [3.8, 4) is 0 Å². The Morgan fingerprint density at radius 3 is 2.60 bits per heavy atom. The van der Waals surface area contributed by atoms with Gasteiger partial charge in [-0.05, 0) is 36.5 Å². The first-order valence-electron chi connectivity index (χ1n) is 4.88. The highest BCUT2D eigenvalue weighted by atomic mass is 79.9. The van der Waals surface area contributed by atoms with Crippen molar-refractivity contribution in [2.75, 3.05) is 0 Å². The monoisotopic (exact) mass is 266 g/mol. The van der Waals surface area contributed by atoms with Gasteiger partial charge in [-0.2, -0.15) is 0 Å². The van der Waals surface area contributed by atoms with Crippen molar-refractivity contribution in [2.24, 2.45) is 5.92 Å². The zero-order chi connectivity index (χ0) is 10.8. The molecule has 0 aliphatic heterocycles. The predicted molar refractivity (Wildman–Crippen MR) is 62.5 cm³/mol. The minimum Gasteiger partial charge on any atom is -0.478 e. The Labute approximate surface area is 96.7 Å². The van der Waals surface area contributed by atoms with Gasteiger partial charge in [-0.15, -0.1) is 0 Å². The molecule has 2 nitrogen and oxygen atoms in total. The smallest absolute Gasteiger partial charge is 0.331 e. The maximum absolute atomic E-state index is 11.0. The van der Waals surface area contributed by atoms with E-state index >= 15 is 0 Å². The third-order valence-corrected chi connectivity index (χ3v) is 3.20. The van der Waals surface area contributed by atoms with Crippen molar-refractivity contribution < 1.29 is 9.90 Å². The Bertz CT molecular complexity index is 419. The molecule has 2 rings (SSSR count). The molecule has 0 atom stereocenters. The van der Waals surface area contributed by atoms with E-state index in [9.17, 15) is 4.79 Å². The molecule has 0 radical (unpaired) electrons. The number of halogens is 1. The molecule has 0 saturated heterocycles. The van der Waals surface area contributed by atoms with E-state index < -0.39 is 5.97 Å². The number of benzene rings is 1. The molecule has 1 saturated carbocycles. The van der Waals surface area contributed by atoms with Crippen LogP contribution in [0.3, 0.4) is 0 Å². The van der Waals surface area contributed by atoms with Crippen LogP contribution in [0.25, 0.3) is 6.08 Å². The van der Waals surface area contributed by atoms with Gasteiger partial charge in [0.25, 0.3) is 0 Å². The lowest BCUT2D eigenvalue weighted by molar-refractivity contribution is -0.132. The molecule has 1 aliphatic rings. The first kappa shape index (κ1) is 10.4. The SMILES string of the molecule is O=C(O)/C(=C\c1ccccc1Br)C1CC1. The molecule has 3 heteroatoms. The van der Waals surface area contributed by atoms with Gasteiger partial charge in [0.15, 0.2) is 0 Å². The summed E-state index contributed by atoms with van der Waals surface area (Å²) in [4.78, 5) is 11.0. The summed E-state index contributed by atoms with van der Waals surface area (Å²) in [6, 6.07) is 7.65. The third-order valence-electron chi connectivity index (χ3n) is 2.48. The Balaban J connectivity index is 2.34. The molecule has 15 heavy (non-hydrogen) atoms. The summed E-state index contributed by atoms with van der Waals surface area (Å²) in [5.41, 5.74) is 1.46. The van der Waals surface area contributed by atoms with Crippen molar-refractivity contribution in [1.82, 2.24) is 0 Å².